The molecule has 2 rings (SSSR count). The van der Waals surface area contributed by atoms with Crippen LogP contribution in [0.25, 0.3) is 0 Å². The molecule has 1 aliphatic rings. The summed E-state index contributed by atoms with van der Waals surface area (Å²) >= 11 is 0. The van der Waals surface area contributed by atoms with Gasteiger partial charge in [-0.1, -0.05) is 33.1 Å². The second-order valence-electron chi connectivity index (χ2n) is 6.46. The van der Waals surface area contributed by atoms with Crippen LogP contribution in [-0.4, -0.2) is 26.3 Å². The number of unbranched alkanes of at least 4 members (excludes halogenated alkanes) is 3. The van der Waals surface area contributed by atoms with Gasteiger partial charge in [0.1, 0.15) is 23.2 Å². The maximum absolute atomic E-state index is 12.6. The van der Waals surface area contributed by atoms with Crippen LogP contribution in [0, 0.1) is 0 Å². The van der Waals surface area contributed by atoms with Crippen LogP contribution < -0.4 is 9.47 Å². The molecule has 0 saturated heterocycles. The van der Waals surface area contributed by atoms with Crippen molar-refractivity contribution in [1.29, 1.82) is 0 Å². The van der Waals surface area contributed by atoms with Gasteiger partial charge in [-0.25, -0.2) is 4.79 Å². The first kappa shape index (κ1) is 18.6. The van der Waals surface area contributed by atoms with E-state index in [9.17, 15) is 4.79 Å². The zero-order valence-corrected chi connectivity index (χ0v) is 15.4. The highest BCUT2D eigenvalue weighted by Crippen LogP contribution is 2.39. The molecule has 1 aliphatic heterocycles. The Kier molecular flexibility index (Phi) is 6.95. The molecule has 4 nitrogen and oxygen atoms in total. The van der Waals surface area contributed by atoms with E-state index >= 15 is 0 Å². The fourth-order valence-corrected chi connectivity index (χ4v) is 3.39. The number of hydrogen-bond donors (Lipinski definition) is 0. The third-order valence-electron chi connectivity index (χ3n) is 4.68. The number of carbonyl (C=O) groups excluding carboxylic acids is 1. The largest absolute Gasteiger partial charge is 0.496 e. The predicted octanol–water partition coefficient (Wildman–Crippen LogP) is 4.71. The van der Waals surface area contributed by atoms with Crippen LogP contribution in [0.1, 0.15) is 73.9 Å². The SMILES string of the molecule is CCCCCC1Cc2cc(OC)c(CCCC)c(OC)c2C(=O)O1. The molecule has 24 heavy (non-hydrogen) atoms. The fourth-order valence-electron chi connectivity index (χ4n) is 3.39. The first-order chi connectivity index (χ1) is 11.7. The van der Waals surface area contributed by atoms with Crippen LogP contribution in [0.3, 0.4) is 0 Å². The van der Waals surface area contributed by atoms with E-state index in [2.05, 4.69) is 13.8 Å². The Bertz CT molecular complexity index is 565. The Morgan fingerprint density at radius 3 is 2.50 bits per heavy atom. The van der Waals surface area contributed by atoms with Gasteiger partial charge in [0, 0.05) is 12.0 Å². The quantitative estimate of drug-likeness (QED) is 0.485. The van der Waals surface area contributed by atoms with Crippen LogP contribution in [0.2, 0.25) is 0 Å². The first-order valence-corrected chi connectivity index (χ1v) is 9.13. The monoisotopic (exact) mass is 334 g/mol. The molecular weight excluding hydrogens is 304 g/mol. The summed E-state index contributed by atoms with van der Waals surface area (Å²) in [4.78, 5) is 12.6. The van der Waals surface area contributed by atoms with Crippen molar-refractivity contribution in [1.82, 2.24) is 0 Å². The Balaban J connectivity index is 2.34. The molecule has 1 atom stereocenters. The summed E-state index contributed by atoms with van der Waals surface area (Å²) in [6.07, 6.45) is 7.99. The molecule has 0 fully saturated rings. The molecule has 0 aromatic heterocycles. The van der Waals surface area contributed by atoms with Crippen molar-refractivity contribution in [3.63, 3.8) is 0 Å². The normalized spacial score (nSPS) is 16.5. The number of hydrogen-bond acceptors (Lipinski definition) is 4. The lowest BCUT2D eigenvalue weighted by molar-refractivity contribution is 0.0227. The molecule has 1 aromatic carbocycles. The number of esters is 1. The lowest BCUT2D eigenvalue weighted by Crippen LogP contribution is -2.28. The Morgan fingerprint density at radius 2 is 1.88 bits per heavy atom. The molecule has 0 bridgehead atoms. The maximum atomic E-state index is 12.6. The van der Waals surface area contributed by atoms with E-state index in [4.69, 9.17) is 14.2 Å². The van der Waals surface area contributed by atoms with Gasteiger partial charge in [0.2, 0.25) is 0 Å². The van der Waals surface area contributed by atoms with E-state index in [-0.39, 0.29) is 12.1 Å². The van der Waals surface area contributed by atoms with Gasteiger partial charge in [0.25, 0.3) is 0 Å². The van der Waals surface area contributed by atoms with E-state index in [0.717, 1.165) is 55.4 Å². The van der Waals surface area contributed by atoms with Gasteiger partial charge in [-0.15, -0.1) is 0 Å². The summed E-state index contributed by atoms with van der Waals surface area (Å²) in [5.74, 6) is 1.20. The lowest BCUT2D eigenvalue weighted by Gasteiger charge is -2.28. The number of benzene rings is 1. The Hall–Kier alpha value is -1.71. The van der Waals surface area contributed by atoms with Crippen LogP contribution in [0.15, 0.2) is 6.07 Å². The second-order valence-corrected chi connectivity index (χ2v) is 6.46. The second kappa shape index (κ2) is 8.95. The van der Waals surface area contributed by atoms with Gasteiger partial charge >= 0.3 is 5.97 Å². The maximum Gasteiger partial charge on any atom is 0.342 e. The van der Waals surface area contributed by atoms with E-state index < -0.39 is 0 Å². The predicted molar refractivity (Wildman–Crippen MR) is 95.2 cm³/mol. The molecule has 0 radical (unpaired) electrons. The minimum Gasteiger partial charge on any atom is -0.496 e. The fraction of sp³-hybridized carbons (Fsp3) is 0.650. The molecule has 1 aromatic rings. The lowest BCUT2D eigenvalue weighted by atomic mass is 9.91. The van der Waals surface area contributed by atoms with Crippen LogP contribution in [0.5, 0.6) is 11.5 Å². The van der Waals surface area contributed by atoms with Crippen molar-refractivity contribution in [2.45, 2.75) is 71.3 Å². The van der Waals surface area contributed by atoms with Crippen molar-refractivity contribution in [3.05, 3.63) is 22.8 Å². The highest BCUT2D eigenvalue weighted by Gasteiger charge is 2.32. The summed E-state index contributed by atoms with van der Waals surface area (Å²) in [5.41, 5.74) is 2.56. The minimum absolute atomic E-state index is 0.0348. The number of ether oxygens (including phenoxy) is 3. The molecule has 4 heteroatoms. The van der Waals surface area contributed by atoms with Crippen LogP contribution in [0.4, 0.5) is 0 Å². The number of fused-ring (bicyclic) bond motifs is 1. The number of carbonyl (C=O) groups is 1. The van der Waals surface area contributed by atoms with Crippen LogP contribution >= 0.6 is 0 Å². The van der Waals surface area contributed by atoms with Crippen molar-refractivity contribution in [3.8, 4) is 11.5 Å². The average Bonchev–Trinajstić information content (AvgIpc) is 2.59. The number of cyclic esters (lactones) is 1. The van der Waals surface area contributed by atoms with Gasteiger partial charge in [-0.3, -0.25) is 0 Å². The smallest absolute Gasteiger partial charge is 0.342 e. The number of rotatable bonds is 9. The Morgan fingerprint density at radius 1 is 1.12 bits per heavy atom. The zero-order valence-electron chi connectivity index (χ0n) is 15.4. The molecular formula is C20H30O4. The molecule has 1 unspecified atom stereocenters. The average molecular weight is 334 g/mol. The van der Waals surface area contributed by atoms with E-state index in [1.165, 1.54) is 12.8 Å². The standard InChI is InChI=1S/C20H30O4/c1-5-7-9-10-15-12-14-13-17(22-3)16(11-8-6-2)19(23-4)18(14)20(21)24-15/h13,15H,5-12H2,1-4H3. The third kappa shape index (κ3) is 4.03. The third-order valence-corrected chi connectivity index (χ3v) is 4.68. The molecule has 134 valence electrons. The summed E-state index contributed by atoms with van der Waals surface area (Å²) in [6, 6.07) is 2.01. The van der Waals surface area contributed by atoms with Crippen LogP contribution in [-0.2, 0) is 17.6 Å². The van der Waals surface area contributed by atoms with Gasteiger partial charge in [0.15, 0.2) is 0 Å². The summed E-state index contributed by atoms with van der Waals surface area (Å²) in [7, 11) is 3.29. The molecule has 0 spiro atoms. The summed E-state index contributed by atoms with van der Waals surface area (Å²) < 4.78 is 16.9. The topological polar surface area (TPSA) is 44.8 Å². The van der Waals surface area contributed by atoms with E-state index in [1.54, 1.807) is 14.2 Å². The molecule has 1 heterocycles. The summed E-state index contributed by atoms with van der Waals surface area (Å²) in [6.45, 7) is 4.32. The van der Waals surface area contributed by atoms with Gasteiger partial charge in [-0.05, 0) is 37.3 Å². The van der Waals surface area contributed by atoms with Crippen molar-refractivity contribution in [2.24, 2.45) is 0 Å². The van der Waals surface area contributed by atoms with Crippen molar-refractivity contribution >= 4 is 5.97 Å². The van der Waals surface area contributed by atoms with E-state index in [1.807, 2.05) is 6.07 Å². The van der Waals surface area contributed by atoms with Crippen molar-refractivity contribution < 1.29 is 19.0 Å². The Labute approximate surface area is 145 Å². The first-order valence-electron chi connectivity index (χ1n) is 9.13. The zero-order chi connectivity index (χ0) is 17.5. The molecule has 0 amide bonds. The molecule has 0 saturated carbocycles. The van der Waals surface area contributed by atoms with Gasteiger partial charge in [0.05, 0.1) is 14.2 Å². The number of methoxy groups -OCH3 is 2. The van der Waals surface area contributed by atoms with E-state index in [0.29, 0.717) is 11.3 Å². The summed E-state index contributed by atoms with van der Waals surface area (Å²) in [5, 5.41) is 0. The van der Waals surface area contributed by atoms with Gasteiger partial charge in [-0.2, -0.15) is 0 Å². The highest BCUT2D eigenvalue weighted by molar-refractivity contribution is 5.96. The molecule has 0 N–H and O–H groups in total. The van der Waals surface area contributed by atoms with Crippen molar-refractivity contribution in [2.75, 3.05) is 14.2 Å². The van der Waals surface area contributed by atoms with Gasteiger partial charge < -0.3 is 14.2 Å². The minimum atomic E-state index is -0.255. The molecule has 0 aliphatic carbocycles. The highest BCUT2D eigenvalue weighted by atomic mass is 16.5.